The van der Waals surface area contributed by atoms with E-state index >= 15 is 0 Å². The Morgan fingerprint density at radius 1 is 1.26 bits per heavy atom. The standard InChI is InChI=1S/C24H28N6O4S/c1-34-24(33)17(14-25)21(27-22-16-8-2-3-10-19(16)35-28-22)26-18-9-4-5-13-30(23(18)32)15-20(31)29-11-6-7-12-29/h2-3,8,10,17-18H,4-7,9,11-13,15H2,1H3,(H,26,27,28). The molecule has 35 heavy (non-hydrogen) atoms. The van der Waals surface area contributed by atoms with Crippen LogP contribution in [0.1, 0.15) is 32.1 Å². The first-order valence-corrected chi connectivity index (χ1v) is 12.5. The molecule has 0 aliphatic carbocycles. The van der Waals surface area contributed by atoms with E-state index in [4.69, 9.17) is 4.74 Å². The number of nitrogens with one attached hydrogen (secondary N) is 1. The first-order chi connectivity index (χ1) is 17.0. The van der Waals surface area contributed by atoms with Crippen LogP contribution in [0.2, 0.25) is 0 Å². The lowest BCUT2D eigenvalue weighted by atomic mass is 10.1. The van der Waals surface area contributed by atoms with Gasteiger partial charge >= 0.3 is 5.97 Å². The van der Waals surface area contributed by atoms with E-state index in [9.17, 15) is 19.6 Å². The van der Waals surface area contributed by atoms with Crippen LogP contribution in [0.25, 0.3) is 10.1 Å². The lowest BCUT2D eigenvalue weighted by Crippen LogP contribution is -2.45. The van der Waals surface area contributed by atoms with E-state index in [1.165, 1.54) is 18.6 Å². The number of hydrogen-bond acceptors (Lipinski definition) is 8. The molecule has 4 rings (SSSR count). The van der Waals surface area contributed by atoms with Gasteiger partial charge in [0, 0.05) is 25.0 Å². The van der Waals surface area contributed by atoms with Crippen molar-refractivity contribution in [3.63, 3.8) is 0 Å². The number of carbonyl (C=O) groups excluding carboxylic acids is 3. The second-order valence-electron chi connectivity index (χ2n) is 8.61. The number of anilines is 1. The number of fused-ring (bicyclic) bond motifs is 1. The van der Waals surface area contributed by atoms with Gasteiger partial charge in [-0.1, -0.05) is 12.1 Å². The van der Waals surface area contributed by atoms with E-state index in [-0.39, 0.29) is 24.2 Å². The average molecular weight is 497 g/mol. The summed E-state index contributed by atoms with van der Waals surface area (Å²) < 4.78 is 10.2. The molecule has 1 aromatic heterocycles. The van der Waals surface area contributed by atoms with Crippen LogP contribution in [-0.4, -0.2) is 77.1 Å². The van der Waals surface area contributed by atoms with Gasteiger partial charge in [0.15, 0.2) is 5.82 Å². The number of methoxy groups -OCH3 is 1. The molecule has 2 fully saturated rings. The molecule has 2 saturated heterocycles. The van der Waals surface area contributed by atoms with Gasteiger partial charge in [-0.05, 0) is 55.8 Å². The second kappa shape index (κ2) is 11.3. The Balaban J connectivity index is 1.62. The highest BCUT2D eigenvalue weighted by atomic mass is 32.1. The van der Waals surface area contributed by atoms with Crippen LogP contribution in [0.15, 0.2) is 29.3 Å². The van der Waals surface area contributed by atoms with Gasteiger partial charge in [-0.3, -0.25) is 19.4 Å². The summed E-state index contributed by atoms with van der Waals surface area (Å²) in [7, 11) is 1.20. The van der Waals surface area contributed by atoms with E-state index in [2.05, 4.69) is 14.7 Å². The van der Waals surface area contributed by atoms with Crippen LogP contribution in [0.4, 0.5) is 5.82 Å². The number of nitriles is 1. The number of carbonyl (C=O) groups is 3. The van der Waals surface area contributed by atoms with Gasteiger partial charge in [0.25, 0.3) is 0 Å². The minimum absolute atomic E-state index is 0.0153. The van der Waals surface area contributed by atoms with Crippen LogP contribution in [0.3, 0.4) is 0 Å². The summed E-state index contributed by atoms with van der Waals surface area (Å²) in [6, 6.07) is 8.67. The predicted molar refractivity (Wildman–Crippen MR) is 132 cm³/mol. The number of esters is 1. The molecule has 0 saturated carbocycles. The summed E-state index contributed by atoms with van der Waals surface area (Å²) in [5.74, 6) is -2.00. The van der Waals surface area contributed by atoms with Gasteiger partial charge in [-0.25, -0.2) is 0 Å². The maximum atomic E-state index is 13.4. The highest BCUT2D eigenvalue weighted by Gasteiger charge is 2.33. The maximum absolute atomic E-state index is 13.4. The summed E-state index contributed by atoms with van der Waals surface area (Å²) in [4.78, 5) is 46.4. The number of aliphatic imine (C=N–C) groups is 1. The normalized spacial score (nSPS) is 19.8. The van der Waals surface area contributed by atoms with Crippen LogP contribution in [0, 0.1) is 17.2 Å². The summed E-state index contributed by atoms with van der Waals surface area (Å²) in [5.41, 5.74) is 0. The molecule has 0 bridgehead atoms. The van der Waals surface area contributed by atoms with Gasteiger partial charge in [-0.2, -0.15) is 9.64 Å². The molecule has 1 aromatic carbocycles. The van der Waals surface area contributed by atoms with Crippen molar-refractivity contribution in [2.45, 2.75) is 38.1 Å². The van der Waals surface area contributed by atoms with Crippen LogP contribution >= 0.6 is 11.5 Å². The van der Waals surface area contributed by atoms with Crippen LogP contribution < -0.4 is 5.32 Å². The highest BCUT2D eigenvalue weighted by Crippen LogP contribution is 2.27. The Hall–Kier alpha value is -3.52. The minimum Gasteiger partial charge on any atom is -0.468 e. The zero-order chi connectivity index (χ0) is 24.8. The number of amides is 2. The average Bonchev–Trinajstić information content (AvgIpc) is 3.52. The predicted octanol–water partition coefficient (Wildman–Crippen LogP) is 2.42. The number of aromatic nitrogens is 1. The fourth-order valence-corrected chi connectivity index (χ4v) is 5.11. The molecule has 2 aliphatic heterocycles. The Labute approximate surface area is 207 Å². The van der Waals surface area contributed by atoms with Crippen LogP contribution in [-0.2, 0) is 19.1 Å². The molecule has 0 spiro atoms. The number of benzene rings is 1. The Bertz CT molecular complexity index is 1170. The zero-order valence-corrected chi connectivity index (χ0v) is 20.4. The Morgan fingerprint density at radius 2 is 2.00 bits per heavy atom. The zero-order valence-electron chi connectivity index (χ0n) is 19.6. The topological polar surface area (TPSA) is 128 Å². The first-order valence-electron chi connectivity index (χ1n) is 11.7. The number of likely N-dealkylation sites (tertiary alicyclic amines) is 2. The molecule has 10 nitrogen and oxygen atoms in total. The molecule has 11 heteroatoms. The molecule has 2 aliphatic rings. The van der Waals surface area contributed by atoms with Gasteiger partial charge in [0.2, 0.25) is 17.7 Å². The van der Waals surface area contributed by atoms with E-state index in [0.29, 0.717) is 18.8 Å². The van der Waals surface area contributed by atoms with Crippen molar-refractivity contribution in [2.24, 2.45) is 10.9 Å². The van der Waals surface area contributed by atoms with Gasteiger partial charge in [0.05, 0.1) is 24.4 Å². The Kier molecular flexibility index (Phi) is 7.92. The molecule has 0 radical (unpaired) electrons. The molecular weight excluding hydrogens is 468 g/mol. The molecule has 184 valence electrons. The number of nitrogens with zero attached hydrogens (tertiary/aromatic N) is 5. The SMILES string of the molecule is COC(=O)C(C#N)C(=NC1CCCCN(CC(=O)N2CCCC2)C1=O)Nc1nsc2ccccc12. The van der Waals surface area contributed by atoms with E-state index in [1.54, 1.807) is 9.80 Å². The molecule has 2 amide bonds. The molecule has 1 N–H and O–H groups in total. The molecular formula is C24H28N6O4S. The van der Waals surface area contributed by atoms with Crippen molar-refractivity contribution in [3.05, 3.63) is 24.3 Å². The van der Waals surface area contributed by atoms with E-state index in [1.807, 2.05) is 30.3 Å². The third-order valence-corrected chi connectivity index (χ3v) is 7.12. The van der Waals surface area contributed by atoms with Crippen molar-refractivity contribution >= 4 is 51.1 Å². The lowest BCUT2D eigenvalue weighted by molar-refractivity contribution is -0.141. The quantitative estimate of drug-likeness (QED) is 0.369. The van der Waals surface area contributed by atoms with Crippen molar-refractivity contribution < 1.29 is 19.1 Å². The summed E-state index contributed by atoms with van der Waals surface area (Å²) in [5, 5.41) is 13.6. The maximum Gasteiger partial charge on any atom is 0.330 e. The van der Waals surface area contributed by atoms with Crippen molar-refractivity contribution in [3.8, 4) is 6.07 Å². The van der Waals surface area contributed by atoms with Gasteiger partial charge in [-0.15, -0.1) is 0 Å². The van der Waals surface area contributed by atoms with Crippen molar-refractivity contribution in [1.82, 2.24) is 14.2 Å². The summed E-state index contributed by atoms with van der Waals surface area (Å²) in [6.45, 7) is 1.94. The monoisotopic (exact) mass is 496 g/mol. The number of amidine groups is 1. The minimum atomic E-state index is -1.35. The summed E-state index contributed by atoms with van der Waals surface area (Å²) in [6.07, 6.45) is 3.90. The fourth-order valence-electron chi connectivity index (χ4n) is 4.38. The first kappa shape index (κ1) is 24.6. The van der Waals surface area contributed by atoms with Crippen molar-refractivity contribution in [2.75, 3.05) is 38.6 Å². The number of hydrogen-bond donors (Lipinski definition) is 1. The smallest absolute Gasteiger partial charge is 0.330 e. The fraction of sp³-hybridized carbons (Fsp3) is 0.500. The van der Waals surface area contributed by atoms with E-state index in [0.717, 1.165) is 48.9 Å². The van der Waals surface area contributed by atoms with Crippen LogP contribution in [0.5, 0.6) is 0 Å². The molecule has 2 atom stereocenters. The summed E-state index contributed by atoms with van der Waals surface area (Å²) >= 11 is 1.27. The van der Waals surface area contributed by atoms with Gasteiger partial charge < -0.3 is 19.9 Å². The number of ether oxygens (including phenoxy) is 1. The molecule has 3 heterocycles. The molecule has 2 aromatic rings. The van der Waals surface area contributed by atoms with E-state index < -0.39 is 17.9 Å². The Morgan fingerprint density at radius 3 is 2.74 bits per heavy atom. The second-order valence-corrected chi connectivity index (χ2v) is 9.42. The third-order valence-electron chi connectivity index (χ3n) is 6.30. The van der Waals surface area contributed by atoms with Crippen molar-refractivity contribution in [1.29, 1.82) is 5.26 Å². The number of rotatable bonds is 6. The lowest BCUT2D eigenvalue weighted by Gasteiger charge is -2.25. The highest BCUT2D eigenvalue weighted by molar-refractivity contribution is 7.13. The third kappa shape index (κ3) is 5.59. The molecule has 2 unspecified atom stereocenters. The van der Waals surface area contributed by atoms with Gasteiger partial charge in [0.1, 0.15) is 11.9 Å². The largest absolute Gasteiger partial charge is 0.468 e.